The maximum atomic E-state index is 12.2. The quantitative estimate of drug-likeness (QED) is 0.742. The smallest absolute Gasteiger partial charge is 0.319 e. The van der Waals surface area contributed by atoms with Crippen molar-refractivity contribution in [1.82, 2.24) is 14.9 Å². The van der Waals surface area contributed by atoms with Gasteiger partial charge in [-0.3, -0.25) is 0 Å². The van der Waals surface area contributed by atoms with Crippen LogP contribution < -0.4 is 10.6 Å². The van der Waals surface area contributed by atoms with E-state index in [1.807, 2.05) is 41.8 Å². The molecule has 0 saturated heterocycles. The molecule has 24 heavy (non-hydrogen) atoms. The van der Waals surface area contributed by atoms with E-state index in [0.29, 0.717) is 6.54 Å². The van der Waals surface area contributed by atoms with Crippen molar-refractivity contribution in [1.29, 1.82) is 0 Å². The van der Waals surface area contributed by atoms with E-state index in [1.54, 1.807) is 23.1 Å². The first-order valence-electron chi connectivity index (χ1n) is 7.66. The molecule has 2 aromatic heterocycles. The van der Waals surface area contributed by atoms with Gasteiger partial charge in [0.25, 0.3) is 0 Å². The number of anilines is 1. The van der Waals surface area contributed by atoms with Gasteiger partial charge < -0.3 is 15.2 Å². The number of thiophene rings is 1. The molecule has 0 saturated carbocycles. The fourth-order valence-electron chi connectivity index (χ4n) is 2.60. The molecule has 3 aromatic rings. The van der Waals surface area contributed by atoms with Crippen molar-refractivity contribution in [2.45, 2.75) is 18.2 Å². The van der Waals surface area contributed by atoms with Gasteiger partial charge in [-0.05, 0) is 17.5 Å². The number of aryl methyl sites for hydroxylation is 1. The third-order valence-electron chi connectivity index (χ3n) is 3.76. The maximum Gasteiger partial charge on any atom is 0.319 e. The van der Waals surface area contributed by atoms with E-state index < -0.39 is 0 Å². The van der Waals surface area contributed by atoms with Gasteiger partial charge in [0.1, 0.15) is 0 Å². The number of urea groups is 1. The minimum Gasteiger partial charge on any atom is -0.333 e. The molecule has 0 aliphatic carbocycles. The molecular formula is C17H16N4OS2. The molecule has 1 aliphatic rings. The van der Waals surface area contributed by atoms with Gasteiger partial charge in [0, 0.05) is 28.9 Å². The third kappa shape index (κ3) is 3.18. The van der Waals surface area contributed by atoms with Crippen LogP contribution in [0.4, 0.5) is 10.5 Å². The summed E-state index contributed by atoms with van der Waals surface area (Å²) in [5.74, 6) is 1.08. The highest BCUT2D eigenvalue weighted by Crippen LogP contribution is 2.32. The largest absolute Gasteiger partial charge is 0.333 e. The van der Waals surface area contributed by atoms with Crippen molar-refractivity contribution in [2.24, 2.45) is 0 Å². The lowest BCUT2D eigenvalue weighted by Gasteiger charge is -2.10. The maximum absolute atomic E-state index is 12.2. The van der Waals surface area contributed by atoms with E-state index in [1.165, 1.54) is 0 Å². The number of thioether (sulfide) groups is 1. The van der Waals surface area contributed by atoms with Crippen LogP contribution in [-0.4, -0.2) is 21.3 Å². The highest BCUT2D eigenvalue weighted by atomic mass is 32.2. The fourth-order valence-corrected chi connectivity index (χ4v) is 4.19. The summed E-state index contributed by atoms with van der Waals surface area (Å²) < 4.78 is 2.16. The van der Waals surface area contributed by atoms with Gasteiger partial charge in [0.15, 0.2) is 5.16 Å². The van der Waals surface area contributed by atoms with E-state index in [-0.39, 0.29) is 6.03 Å². The molecule has 7 heteroatoms. The van der Waals surface area contributed by atoms with Gasteiger partial charge in [0.05, 0.1) is 17.9 Å². The van der Waals surface area contributed by atoms with Crippen LogP contribution in [0.15, 0.2) is 53.1 Å². The standard InChI is InChI=1S/C17H16N4OS2/c22-16(18-10-12-4-3-8-23-12)19-14-6-2-1-5-13(14)15-11-21-7-9-24-17(21)20-15/h1-6,8,11H,7,9-10H2,(H2,18,19,22). The van der Waals surface area contributed by atoms with Gasteiger partial charge in [-0.1, -0.05) is 36.0 Å². The second kappa shape index (κ2) is 6.70. The molecule has 0 spiro atoms. The zero-order chi connectivity index (χ0) is 16.4. The molecule has 1 aromatic carbocycles. The average Bonchev–Trinajstić information content (AvgIpc) is 3.30. The Morgan fingerprint density at radius 3 is 3.00 bits per heavy atom. The first-order valence-corrected chi connectivity index (χ1v) is 9.53. The van der Waals surface area contributed by atoms with Crippen LogP contribution >= 0.6 is 23.1 Å². The van der Waals surface area contributed by atoms with E-state index >= 15 is 0 Å². The van der Waals surface area contributed by atoms with Crippen molar-refractivity contribution in [3.8, 4) is 11.3 Å². The molecule has 0 bridgehead atoms. The van der Waals surface area contributed by atoms with Crippen molar-refractivity contribution >= 4 is 34.8 Å². The Morgan fingerprint density at radius 1 is 1.25 bits per heavy atom. The number of hydrogen-bond acceptors (Lipinski definition) is 4. The lowest BCUT2D eigenvalue weighted by atomic mass is 10.1. The van der Waals surface area contributed by atoms with Crippen LogP contribution in [0.5, 0.6) is 0 Å². The zero-order valence-electron chi connectivity index (χ0n) is 12.9. The number of aromatic nitrogens is 2. The molecule has 3 heterocycles. The molecule has 2 N–H and O–H groups in total. The number of imidazole rings is 1. The van der Waals surface area contributed by atoms with E-state index in [4.69, 9.17) is 0 Å². The third-order valence-corrected chi connectivity index (χ3v) is 5.60. The molecular weight excluding hydrogens is 340 g/mol. The van der Waals surface area contributed by atoms with Crippen LogP contribution in [-0.2, 0) is 13.1 Å². The highest BCUT2D eigenvalue weighted by Gasteiger charge is 2.17. The molecule has 0 radical (unpaired) electrons. The number of fused-ring (bicyclic) bond motifs is 1. The minimum absolute atomic E-state index is 0.211. The lowest BCUT2D eigenvalue weighted by Crippen LogP contribution is -2.28. The molecule has 0 unspecified atom stereocenters. The summed E-state index contributed by atoms with van der Waals surface area (Å²) in [5, 5.41) is 8.86. The Bertz CT molecular complexity index is 836. The average molecular weight is 356 g/mol. The Hall–Kier alpha value is -2.25. The summed E-state index contributed by atoms with van der Waals surface area (Å²) >= 11 is 3.39. The normalized spacial score (nSPS) is 12.8. The molecule has 5 nitrogen and oxygen atoms in total. The minimum atomic E-state index is -0.211. The van der Waals surface area contributed by atoms with Gasteiger partial charge in [-0.15, -0.1) is 11.3 Å². The summed E-state index contributed by atoms with van der Waals surface area (Å²) in [6, 6.07) is 11.5. The number of carbonyl (C=O) groups is 1. The Labute approximate surface area is 148 Å². The fraction of sp³-hybridized carbons (Fsp3) is 0.176. The van der Waals surface area contributed by atoms with Crippen LogP contribution in [0, 0.1) is 0 Å². The number of para-hydroxylation sites is 1. The van der Waals surface area contributed by atoms with Gasteiger partial charge >= 0.3 is 6.03 Å². The van der Waals surface area contributed by atoms with Crippen molar-refractivity contribution in [3.05, 3.63) is 52.9 Å². The van der Waals surface area contributed by atoms with Crippen LogP contribution in [0.25, 0.3) is 11.3 Å². The topological polar surface area (TPSA) is 59.0 Å². The monoisotopic (exact) mass is 356 g/mol. The number of carbonyl (C=O) groups excluding carboxylic acids is 1. The summed E-state index contributed by atoms with van der Waals surface area (Å²) in [4.78, 5) is 18.0. The van der Waals surface area contributed by atoms with Crippen LogP contribution in [0.1, 0.15) is 4.88 Å². The first kappa shape index (κ1) is 15.3. The predicted molar refractivity (Wildman–Crippen MR) is 98.6 cm³/mol. The van der Waals surface area contributed by atoms with Crippen molar-refractivity contribution in [2.75, 3.05) is 11.1 Å². The second-order valence-corrected chi connectivity index (χ2v) is 7.48. The number of nitrogens with zero attached hydrogens (tertiary/aromatic N) is 2. The summed E-state index contributed by atoms with van der Waals surface area (Å²) in [7, 11) is 0. The number of benzene rings is 1. The summed E-state index contributed by atoms with van der Waals surface area (Å²) in [6.45, 7) is 1.52. The molecule has 0 atom stereocenters. The molecule has 122 valence electrons. The van der Waals surface area contributed by atoms with E-state index in [2.05, 4.69) is 26.4 Å². The Kier molecular flexibility index (Phi) is 4.27. The highest BCUT2D eigenvalue weighted by molar-refractivity contribution is 7.99. The van der Waals surface area contributed by atoms with Gasteiger partial charge in [0.2, 0.25) is 0 Å². The van der Waals surface area contributed by atoms with Crippen LogP contribution in [0.2, 0.25) is 0 Å². The van der Waals surface area contributed by atoms with Crippen molar-refractivity contribution < 1.29 is 4.79 Å². The lowest BCUT2D eigenvalue weighted by molar-refractivity contribution is 0.252. The van der Waals surface area contributed by atoms with Gasteiger partial charge in [-0.2, -0.15) is 0 Å². The molecule has 0 fully saturated rings. The van der Waals surface area contributed by atoms with E-state index in [9.17, 15) is 4.79 Å². The number of nitrogens with one attached hydrogen (secondary N) is 2. The van der Waals surface area contributed by atoms with E-state index in [0.717, 1.165) is 39.3 Å². The SMILES string of the molecule is O=C(NCc1cccs1)Nc1ccccc1-c1cn2c(n1)SCC2. The summed E-state index contributed by atoms with van der Waals surface area (Å²) in [5.41, 5.74) is 2.60. The Balaban J connectivity index is 1.49. The Morgan fingerprint density at radius 2 is 2.17 bits per heavy atom. The number of hydrogen-bond donors (Lipinski definition) is 2. The zero-order valence-corrected chi connectivity index (χ0v) is 14.5. The second-order valence-electron chi connectivity index (χ2n) is 5.38. The first-order chi connectivity index (χ1) is 11.8. The number of rotatable bonds is 4. The summed E-state index contributed by atoms with van der Waals surface area (Å²) in [6.07, 6.45) is 2.05. The van der Waals surface area contributed by atoms with Gasteiger partial charge in [-0.25, -0.2) is 9.78 Å². The number of amides is 2. The van der Waals surface area contributed by atoms with Crippen LogP contribution in [0.3, 0.4) is 0 Å². The molecule has 4 rings (SSSR count). The molecule has 2 amide bonds. The molecule has 1 aliphatic heterocycles. The van der Waals surface area contributed by atoms with Crippen molar-refractivity contribution in [3.63, 3.8) is 0 Å². The predicted octanol–water partition coefficient (Wildman–Crippen LogP) is 4.04.